The average Bonchev–Trinajstić information content (AvgIpc) is 2.47. The summed E-state index contributed by atoms with van der Waals surface area (Å²) in [5, 5.41) is 3.50. The summed E-state index contributed by atoms with van der Waals surface area (Å²) in [6.45, 7) is 2.35. The highest BCUT2D eigenvalue weighted by Crippen LogP contribution is 2.37. The van der Waals surface area contributed by atoms with E-state index in [0.717, 1.165) is 12.3 Å². The first kappa shape index (κ1) is 14.5. The third-order valence-electron chi connectivity index (χ3n) is 4.79. The summed E-state index contributed by atoms with van der Waals surface area (Å²) in [6.07, 6.45) is 5.94. The molecule has 0 aliphatic heterocycles. The van der Waals surface area contributed by atoms with Gasteiger partial charge in [0.05, 0.1) is 5.60 Å². The van der Waals surface area contributed by atoms with Gasteiger partial charge in [-0.3, -0.25) is 0 Å². The first-order valence-electron chi connectivity index (χ1n) is 7.46. The number of likely N-dealkylation sites (N-methyl/N-ethyl adjacent to an activating group) is 1. The average molecular weight is 261 g/mol. The van der Waals surface area contributed by atoms with Gasteiger partial charge in [0.15, 0.2) is 0 Å². The third kappa shape index (κ3) is 3.37. The summed E-state index contributed by atoms with van der Waals surface area (Å²) in [5.74, 6) is 0.845. The number of nitrogens with one attached hydrogen (secondary N) is 1. The lowest BCUT2D eigenvalue weighted by atomic mass is 9.74. The van der Waals surface area contributed by atoms with Crippen LogP contribution in [0.2, 0.25) is 0 Å². The monoisotopic (exact) mass is 261 g/mol. The van der Waals surface area contributed by atoms with Gasteiger partial charge in [0.1, 0.15) is 0 Å². The molecule has 1 fully saturated rings. The summed E-state index contributed by atoms with van der Waals surface area (Å²) in [7, 11) is 3.94. The smallest absolute Gasteiger partial charge is 0.0834 e. The minimum absolute atomic E-state index is 0.0110. The van der Waals surface area contributed by atoms with Gasteiger partial charge in [-0.15, -0.1) is 0 Å². The van der Waals surface area contributed by atoms with E-state index in [2.05, 4.69) is 49.6 Å². The molecule has 1 aromatic carbocycles. The van der Waals surface area contributed by atoms with Crippen LogP contribution in [-0.4, -0.2) is 25.8 Å². The van der Waals surface area contributed by atoms with Crippen molar-refractivity contribution in [1.29, 1.82) is 0 Å². The highest BCUT2D eigenvalue weighted by Gasteiger charge is 2.40. The molecule has 0 aromatic heterocycles. The van der Waals surface area contributed by atoms with Gasteiger partial charge in [0.25, 0.3) is 0 Å². The molecule has 0 radical (unpaired) electrons. The highest BCUT2D eigenvalue weighted by atomic mass is 16.5. The SMILES string of the molecule is CNC(Cc1ccccc1)C1(OC)CCC(C)CC1. The molecule has 19 heavy (non-hydrogen) atoms. The van der Waals surface area contributed by atoms with E-state index in [9.17, 15) is 0 Å². The van der Waals surface area contributed by atoms with E-state index >= 15 is 0 Å². The molecule has 1 N–H and O–H groups in total. The third-order valence-corrected chi connectivity index (χ3v) is 4.79. The maximum absolute atomic E-state index is 5.99. The molecule has 1 unspecified atom stereocenters. The minimum atomic E-state index is 0.0110. The highest BCUT2D eigenvalue weighted by molar-refractivity contribution is 5.17. The van der Waals surface area contributed by atoms with Crippen LogP contribution >= 0.6 is 0 Å². The molecule has 1 aromatic rings. The topological polar surface area (TPSA) is 21.3 Å². The quantitative estimate of drug-likeness (QED) is 0.877. The Bertz CT molecular complexity index is 368. The van der Waals surface area contributed by atoms with Crippen LogP contribution in [-0.2, 0) is 11.2 Å². The minimum Gasteiger partial charge on any atom is -0.377 e. The number of hydrogen-bond acceptors (Lipinski definition) is 2. The Morgan fingerprint density at radius 3 is 2.42 bits per heavy atom. The van der Waals surface area contributed by atoms with E-state index < -0.39 is 0 Å². The van der Waals surface area contributed by atoms with Crippen molar-refractivity contribution < 1.29 is 4.74 Å². The van der Waals surface area contributed by atoms with Crippen LogP contribution < -0.4 is 5.32 Å². The van der Waals surface area contributed by atoms with Crippen LogP contribution in [0.15, 0.2) is 30.3 Å². The Morgan fingerprint density at radius 2 is 1.89 bits per heavy atom. The van der Waals surface area contributed by atoms with Gasteiger partial charge in [-0.1, -0.05) is 37.3 Å². The van der Waals surface area contributed by atoms with E-state index in [4.69, 9.17) is 4.74 Å². The number of hydrogen-bond donors (Lipinski definition) is 1. The predicted molar refractivity (Wildman–Crippen MR) is 80.4 cm³/mol. The summed E-state index contributed by atoms with van der Waals surface area (Å²) < 4.78 is 5.99. The van der Waals surface area contributed by atoms with Gasteiger partial charge < -0.3 is 10.1 Å². The number of benzene rings is 1. The number of methoxy groups -OCH3 is 1. The van der Waals surface area contributed by atoms with Gasteiger partial charge in [0.2, 0.25) is 0 Å². The van der Waals surface area contributed by atoms with Crippen molar-refractivity contribution in [3.63, 3.8) is 0 Å². The molecular weight excluding hydrogens is 234 g/mol. The molecular formula is C17H27NO. The molecule has 0 amide bonds. The van der Waals surface area contributed by atoms with Gasteiger partial charge >= 0.3 is 0 Å². The van der Waals surface area contributed by atoms with Crippen molar-refractivity contribution in [2.45, 2.75) is 50.7 Å². The molecule has 1 aliphatic carbocycles. The van der Waals surface area contributed by atoms with Crippen molar-refractivity contribution in [3.8, 4) is 0 Å². The summed E-state index contributed by atoms with van der Waals surface area (Å²) >= 11 is 0. The molecule has 2 heteroatoms. The fraction of sp³-hybridized carbons (Fsp3) is 0.647. The number of ether oxygens (including phenoxy) is 1. The van der Waals surface area contributed by atoms with Crippen molar-refractivity contribution in [3.05, 3.63) is 35.9 Å². The second-order valence-electron chi connectivity index (χ2n) is 5.98. The normalized spacial score (nSPS) is 29.1. The molecule has 1 saturated carbocycles. The fourth-order valence-electron chi connectivity index (χ4n) is 3.35. The van der Waals surface area contributed by atoms with E-state index in [1.807, 2.05) is 7.11 Å². The molecule has 0 spiro atoms. The molecule has 1 aliphatic rings. The molecule has 2 rings (SSSR count). The van der Waals surface area contributed by atoms with Gasteiger partial charge in [-0.25, -0.2) is 0 Å². The van der Waals surface area contributed by atoms with E-state index in [-0.39, 0.29) is 5.60 Å². The Balaban J connectivity index is 2.10. The van der Waals surface area contributed by atoms with Crippen molar-refractivity contribution in [1.82, 2.24) is 5.32 Å². The van der Waals surface area contributed by atoms with Crippen LogP contribution in [0, 0.1) is 5.92 Å². The van der Waals surface area contributed by atoms with Crippen molar-refractivity contribution in [2.24, 2.45) is 5.92 Å². The maximum atomic E-state index is 5.99. The van der Waals surface area contributed by atoms with Crippen LogP contribution in [0.3, 0.4) is 0 Å². The Labute approximate surface area is 117 Å². The van der Waals surface area contributed by atoms with Gasteiger partial charge in [-0.05, 0) is 50.6 Å². The maximum Gasteiger partial charge on any atom is 0.0834 e. The van der Waals surface area contributed by atoms with E-state index in [1.54, 1.807) is 0 Å². The molecule has 0 saturated heterocycles. The zero-order valence-corrected chi connectivity index (χ0v) is 12.5. The second-order valence-corrected chi connectivity index (χ2v) is 5.98. The van der Waals surface area contributed by atoms with Crippen LogP contribution in [0.1, 0.15) is 38.2 Å². The zero-order valence-electron chi connectivity index (χ0n) is 12.5. The lowest BCUT2D eigenvalue weighted by Gasteiger charge is -2.44. The molecule has 0 bridgehead atoms. The van der Waals surface area contributed by atoms with E-state index in [1.165, 1.54) is 31.2 Å². The zero-order chi connectivity index (χ0) is 13.7. The lowest BCUT2D eigenvalue weighted by molar-refractivity contribution is -0.0730. The predicted octanol–water partition coefficient (Wildman–Crippen LogP) is 3.41. The summed E-state index contributed by atoms with van der Waals surface area (Å²) in [4.78, 5) is 0. The first-order valence-corrected chi connectivity index (χ1v) is 7.46. The van der Waals surface area contributed by atoms with E-state index in [0.29, 0.717) is 6.04 Å². The standard InChI is InChI=1S/C17H27NO/c1-14-9-11-17(19-3,12-10-14)16(18-2)13-15-7-5-4-6-8-15/h4-8,14,16,18H,9-13H2,1-3H3. The summed E-state index contributed by atoms with van der Waals surface area (Å²) in [6, 6.07) is 11.1. The fourth-order valence-corrected chi connectivity index (χ4v) is 3.35. The van der Waals surface area contributed by atoms with Crippen molar-refractivity contribution >= 4 is 0 Å². The summed E-state index contributed by atoms with van der Waals surface area (Å²) in [5.41, 5.74) is 1.40. The first-order chi connectivity index (χ1) is 9.20. The molecule has 1 atom stereocenters. The van der Waals surface area contributed by atoms with Crippen molar-refractivity contribution in [2.75, 3.05) is 14.2 Å². The lowest BCUT2D eigenvalue weighted by Crippen LogP contribution is -2.54. The largest absolute Gasteiger partial charge is 0.377 e. The van der Waals surface area contributed by atoms with Crippen LogP contribution in [0.4, 0.5) is 0 Å². The molecule has 0 heterocycles. The van der Waals surface area contributed by atoms with Crippen LogP contribution in [0.5, 0.6) is 0 Å². The Hall–Kier alpha value is -0.860. The molecule has 2 nitrogen and oxygen atoms in total. The Morgan fingerprint density at radius 1 is 1.26 bits per heavy atom. The van der Waals surface area contributed by atoms with Gasteiger partial charge in [-0.2, -0.15) is 0 Å². The number of rotatable bonds is 5. The molecule has 106 valence electrons. The van der Waals surface area contributed by atoms with Gasteiger partial charge in [0, 0.05) is 13.2 Å². The second kappa shape index (κ2) is 6.53. The Kier molecular flexibility index (Phi) is 5.00. The van der Waals surface area contributed by atoms with Crippen LogP contribution in [0.25, 0.3) is 0 Å².